The number of benzene rings is 1. The van der Waals surface area contributed by atoms with Crippen LogP contribution < -0.4 is 5.32 Å². The van der Waals surface area contributed by atoms with Crippen LogP contribution in [0.1, 0.15) is 41.9 Å². The second-order valence-corrected chi connectivity index (χ2v) is 8.16. The van der Waals surface area contributed by atoms with Crippen molar-refractivity contribution in [2.75, 3.05) is 5.32 Å². The number of nitrogens with one attached hydrogen (secondary N) is 1. The van der Waals surface area contributed by atoms with Gasteiger partial charge in [-0.3, -0.25) is 4.79 Å². The largest absolute Gasteiger partial charge is 0.356 e. The molecular formula is C20H19N3O2S. The molecule has 1 saturated carbocycles. The molecule has 0 spiro atoms. The lowest BCUT2D eigenvalue weighted by Gasteiger charge is -2.10. The summed E-state index contributed by atoms with van der Waals surface area (Å²) in [6.07, 6.45) is 6.10. The van der Waals surface area contributed by atoms with Gasteiger partial charge in [-0.15, -0.1) is 11.3 Å². The van der Waals surface area contributed by atoms with Crippen molar-refractivity contribution in [3.63, 3.8) is 0 Å². The molecule has 2 heterocycles. The maximum atomic E-state index is 12.9. The molecule has 0 bridgehead atoms. The predicted octanol–water partition coefficient (Wildman–Crippen LogP) is 4.35. The van der Waals surface area contributed by atoms with Crippen LogP contribution in [-0.2, 0) is 23.1 Å². The minimum atomic E-state index is -0.567. The number of rotatable bonds is 4. The number of aryl methyl sites for hydroxylation is 2. The molecule has 1 N–H and O–H groups in total. The van der Waals surface area contributed by atoms with Crippen molar-refractivity contribution in [3.8, 4) is 11.3 Å². The molecule has 2 aliphatic rings. The molecule has 0 aliphatic heterocycles. The Bertz CT molecular complexity index is 933. The van der Waals surface area contributed by atoms with Gasteiger partial charge in [-0.25, -0.2) is 4.98 Å². The molecule has 3 aromatic rings. The summed E-state index contributed by atoms with van der Waals surface area (Å²) in [7, 11) is 0. The van der Waals surface area contributed by atoms with Crippen LogP contribution in [0.3, 0.4) is 0 Å². The molecule has 0 unspecified atom stereocenters. The highest BCUT2D eigenvalue weighted by Crippen LogP contribution is 2.49. The van der Waals surface area contributed by atoms with Gasteiger partial charge in [0.1, 0.15) is 0 Å². The minimum Gasteiger partial charge on any atom is -0.356 e. The summed E-state index contributed by atoms with van der Waals surface area (Å²) >= 11 is 1.62. The topological polar surface area (TPSA) is 68.0 Å². The van der Waals surface area contributed by atoms with Crippen molar-refractivity contribution < 1.29 is 9.32 Å². The molecule has 0 radical (unpaired) electrons. The summed E-state index contributed by atoms with van der Waals surface area (Å²) in [6, 6.07) is 11.7. The molecule has 0 saturated heterocycles. The van der Waals surface area contributed by atoms with E-state index in [9.17, 15) is 4.79 Å². The van der Waals surface area contributed by atoms with E-state index < -0.39 is 5.41 Å². The highest BCUT2D eigenvalue weighted by molar-refractivity contribution is 7.15. The Labute approximate surface area is 155 Å². The fraction of sp³-hybridized carbons (Fsp3) is 0.350. The lowest BCUT2D eigenvalue weighted by molar-refractivity contribution is -0.118. The third-order valence-electron chi connectivity index (χ3n) is 5.31. The number of carbonyl (C=O) groups excluding carboxylic acids is 1. The number of fused-ring (bicyclic) bond motifs is 1. The summed E-state index contributed by atoms with van der Waals surface area (Å²) in [5.74, 6) is 0.681. The van der Waals surface area contributed by atoms with Gasteiger partial charge in [-0.1, -0.05) is 35.5 Å². The Balaban J connectivity index is 1.37. The van der Waals surface area contributed by atoms with E-state index in [1.807, 2.05) is 36.4 Å². The van der Waals surface area contributed by atoms with Crippen LogP contribution in [-0.4, -0.2) is 16.0 Å². The standard InChI is InChI=1S/C20H19N3O2S/c24-18(22-19-21-14-8-4-5-9-16(14)26-19)20(10-11-20)17-12-15(25-23-17)13-6-2-1-3-7-13/h1-3,6-7,12H,4-5,8-11H2,(H,21,22,24). The minimum absolute atomic E-state index is 0.0171. The van der Waals surface area contributed by atoms with E-state index in [1.165, 1.54) is 17.7 Å². The monoisotopic (exact) mass is 365 g/mol. The maximum absolute atomic E-state index is 12.9. The van der Waals surface area contributed by atoms with Crippen LogP contribution in [0.25, 0.3) is 11.3 Å². The lowest BCUT2D eigenvalue weighted by atomic mass is 10.0. The first-order valence-electron chi connectivity index (χ1n) is 9.07. The molecule has 5 rings (SSSR count). The first-order valence-corrected chi connectivity index (χ1v) is 9.89. The van der Waals surface area contributed by atoms with Gasteiger partial charge in [-0.2, -0.15) is 0 Å². The molecule has 0 atom stereocenters. The summed E-state index contributed by atoms with van der Waals surface area (Å²) < 4.78 is 5.50. The third kappa shape index (κ3) is 2.65. The highest BCUT2D eigenvalue weighted by atomic mass is 32.1. The molecule has 132 valence electrons. The van der Waals surface area contributed by atoms with Crippen LogP contribution in [0.4, 0.5) is 5.13 Å². The normalized spacial score (nSPS) is 17.5. The van der Waals surface area contributed by atoms with Gasteiger partial charge < -0.3 is 9.84 Å². The van der Waals surface area contributed by atoms with Crippen LogP contribution >= 0.6 is 11.3 Å². The molecule has 2 aliphatic carbocycles. The maximum Gasteiger partial charge on any atom is 0.238 e. The molecule has 5 nitrogen and oxygen atoms in total. The second kappa shape index (κ2) is 6.06. The van der Waals surface area contributed by atoms with E-state index >= 15 is 0 Å². The van der Waals surface area contributed by atoms with E-state index in [0.29, 0.717) is 5.76 Å². The Morgan fingerprint density at radius 3 is 2.73 bits per heavy atom. The number of hydrogen-bond acceptors (Lipinski definition) is 5. The second-order valence-electron chi connectivity index (χ2n) is 7.07. The number of nitrogens with zero attached hydrogens (tertiary/aromatic N) is 2. The van der Waals surface area contributed by atoms with Crippen molar-refractivity contribution >= 4 is 22.4 Å². The molecule has 1 fully saturated rings. The average molecular weight is 365 g/mol. The van der Waals surface area contributed by atoms with Gasteiger partial charge in [0.25, 0.3) is 0 Å². The van der Waals surface area contributed by atoms with Gasteiger partial charge in [0.2, 0.25) is 5.91 Å². The smallest absolute Gasteiger partial charge is 0.238 e. The van der Waals surface area contributed by atoms with Crippen molar-refractivity contribution in [3.05, 3.63) is 52.7 Å². The molecular weight excluding hydrogens is 346 g/mol. The lowest BCUT2D eigenvalue weighted by Crippen LogP contribution is -2.28. The van der Waals surface area contributed by atoms with E-state index in [4.69, 9.17) is 4.52 Å². The zero-order valence-corrected chi connectivity index (χ0v) is 15.1. The van der Waals surface area contributed by atoms with E-state index in [2.05, 4.69) is 15.5 Å². The van der Waals surface area contributed by atoms with Crippen LogP contribution in [0, 0.1) is 0 Å². The van der Waals surface area contributed by atoms with E-state index in [0.717, 1.165) is 47.8 Å². The number of hydrogen-bond donors (Lipinski definition) is 1. The number of aromatic nitrogens is 2. The molecule has 26 heavy (non-hydrogen) atoms. The molecule has 1 amide bonds. The zero-order valence-electron chi connectivity index (χ0n) is 14.3. The van der Waals surface area contributed by atoms with Crippen LogP contribution in [0.15, 0.2) is 40.9 Å². The highest BCUT2D eigenvalue weighted by Gasteiger charge is 2.54. The fourth-order valence-corrected chi connectivity index (χ4v) is 4.63. The van der Waals surface area contributed by atoms with Gasteiger partial charge in [0.05, 0.1) is 16.8 Å². The average Bonchev–Trinajstić information content (AvgIpc) is 3.15. The first-order chi connectivity index (χ1) is 12.7. The number of carbonyl (C=O) groups is 1. The fourth-order valence-electron chi connectivity index (χ4n) is 3.59. The number of thiazole rings is 1. The van der Waals surface area contributed by atoms with E-state index in [-0.39, 0.29) is 5.91 Å². The predicted molar refractivity (Wildman–Crippen MR) is 100 cm³/mol. The van der Waals surface area contributed by atoms with Crippen LogP contribution in [0.2, 0.25) is 0 Å². The first kappa shape index (κ1) is 15.8. The van der Waals surface area contributed by atoms with Crippen molar-refractivity contribution in [1.82, 2.24) is 10.1 Å². The quantitative estimate of drug-likeness (QED) is 0.746. The van der Waals surface area contributed by atoms with Gasteiger partial charge >= 0.3 is 0 Å². The summed E-state index contributed by atoms with van der Waals surface area (Å²) in [5.41, 5.74) is 2.28. The summed E-state index contributed by atoms with van der Waals surface area (Å²) in [5, 5.41) is 7.96. The third-order valence-corrected chi connectivity index (χ3v) is 6.38. The van der Waals surface area contributed by atoms with Crippen molar-refractivity contribution in [2.45, 2.75) is 43.9 Å². The number of amides is 1. The van der Waals surface area contributed by atoms with E-state index in [1.54, 1.807) is 11.3 Å². The summed E-state index contributed by atoms with van der Waals surface area (Å²) in [4.78, 5) is 18.9. The van der Waals surface area contributed by atoms with Gasteiger partial charge in [0.15, 0.2) is 10.9 Å². The Morgan fingerprint density at radius 1 is 1.15 bits per heavy atom. The molecule has 2 aromatic heterocycles. The van der Waals surface area contributed by atoms with Crippen molar-refractivity contribution in [1.29, 1.82) is 0 Å². The Hall–Kier alpha value is -2.47. The van der Waals surface area contributed by atoms with Crippen molar-refractivity contribution in [2.24, 2.45) is 0 Å². The number of anilines is 1. The van der Waals surface area contributed by atoms with Gasteiger partial charge in [-0.05, 0) is 38.5 Å². The molecule has 6 heteroatoms. The van der Waals surface area contributed by atoms with Gasteiger partial charge in [0, 0.05) is 16.5 Å². The van der Waals surface area contributed by atoms with Crippen LogP contribution in [0.5, 0.6) is 0 Å². The molecule has 1 aromatic carbocycles. The summed E-state index contributed by atoms with van der Waals surface area (Å²) in [6.45, 7) is 0. The Kier molecular flexibility index (Phi) is 3.67. The SMILES string of the molecule is O=C(Nc1nc2c(s1)CCCC2)C1(c2cc(-c3ccccc3)on2)CC1. The zero-order chi connectivity index (χ0) is 17.6. The Morgan fingerprint density at radius 2 is 1.96 bits per heavy atom.